The summed E-state index contributed by atoms with van der Waals surface area (Å²) in [6, 6.07) is 8.66. The highest BCUT2D eigenvalue weighted by Gasteiger charge is 2.13. The van der Waals surface area contributed by atoms with E-state index in [2.05, 4.69) is 64.8 Å². The molecule has 0 spiro atoms. The molecule has 0 atom stereocenters. The van der Waals surface area contributed by atoms with Gasteiger partial charge in [0.25, 0.3) is 0 Å². The molecular weight excluding hydrogens is 358 g/mol. The first kappa shape index (κ1) is 21.3. The Labute approximate surface area is 167 Å². The number of nitrogens with one attached hydrogen (secondary N) is 1. The molecule has 2 rings (SSSR count). The van der Waals surface area contributed by atoms with E-state index in [0.717, 1.165) is 24.7 Å². The van der Waals surface area contributed by atoms with E-state index in [4.69, 9.17) is 4.74 Å². The average molecular weight is 390 g/mol. The maximum Gasteiger partial charge on any atom is 0.193 e. The molecule has 7 heteroatoms. The summed E-state index contributed by atoms with van der Waals surface area (Å²) in [4.78, 5) is 7.84. The predicted molar refractivity (Wildman–Crippen MR) is 113 cm³/mol. The minimum absolute atomic E-state index is 0.661. The summed E-state index contributed by atoms with van der Waals surface area (Å²) < 4.78 is 7.17. The minimum Gasteiger partial charge on any atom is -0.383 e. The molecule has 0 saturated heterocycles. The van der Waals surface area contributed by atoms with Gasteiger partial charge in [0.2, 0.25) is 0 Å². The quantitative estimate of drug-likeness (QED) is 0.427. The fourth-order valence-corrected chi connectivity index (χ4v) is 3.43. The maximum absolute atomic E-state index is 5.16. The fourth-order valence-electron chi connectivity index (χ4n) is 3.02. The SMILES string of the molecule is CN=C(NCc1c(C)nn(CCOC)c1C)N(C)Cc1ccc(SC)cc1. The number of benzene rings is 1. The molecule has 1 aromatic carbocycles. The molecule has 148 valence electrons. The molecule has 0 unspecified atom stereocenters. The molecule has 0 amide bonds. The lowest BCUT2D eigenvalue weighted by Crippen LogP contribution is -2.38. The van der Waals surface area contributed by atoms with Crippen LogP contribution < -0.4 is 5.32 Å². The van der Waals surface area contributed by atoms with Gasteiger partial charge in [-0.2, -0.15) is 5.10 Å². The van der Waals surface area contributed by atoms with Crippen molar-refractivity contribution in [2.24, 2.45) is 4.99 Å². The van der Waals surface area contributed by atoms with Crippen molar-refractivity contribution in [3.63, 3.8) is 0 Å². The molecule has 0 radical (unpaired) electrons. The molecule has 0 aliphatic carbocycles. The van der Waals surface area contributed by atoms with E-state index in [0.29, 0.717) is 13.2 Å². The molecule has 0 fully saturated rings. The number of guanidine groups is 1. The Morgan fingerprint density at radius 2 is 2.00 bits per heavy atom. The van der Waals surface area contributed by atoms with Crippen LogP contribution in [0.5, 0.6) is 0 Å². The normalized spacial score (nSPS) is 11.7. The van der Waals surface area contributed by atoms with Gasteiger partial charge in [0, 0.05) is 50.4 Å². The van der Waals surface area contributed by atoms with Crippen LogP contribution in [-0.4, -0.2) is 54.7 Å². The highest BCUT2D eigenvalue weighted by atomic mass is 32.2. The summed E-state index contributed by atoms with van der Waals surface area (Å²) in [6.07, 6.45) is 2.09. The smallest absolute Gasteiger partial charge is 0.193 e. The molecule has 27 heavy (non-hydrogen) atoms. The second kappa shape index (κ2) is 10.4. The number of aromatic nitrogens is 2. The number of hydrogen-bond donors (Lipinski definition) is 1. The summed E-state index contributed by atoms with van der Waals surface area (Å²) in [5, 5.41) is 8.09. The third-order valence-corrected chi connectivity index (χ3v) is 5.36. The number of nitrogens with zero attached hydrogens (tertiary/aromatic N) is 4. The van der Waals surface area contributed by atoms with Gasteiger partial charge in [-0.05, 0) is 37.8 Å². The van der Waals surface area contributed by atoms with Crippen molar-refractivity contribution in [3.8, 4) is 0 Å². The van der Waals surface area contributed by atoms with Crippen LogP contribution in [0.3, 0.4) is 0 Å². The van der Waals surface area contributed by atoms with Crippen molar-refractivity contribution in [2.45, 2.75) is 38.4 Å². The van der Waals surface area contributed by atoms with Crippen LogP contribution in [0.4, 0.5) is 0 Å². The van der Waals surface area contributed by atoms with E-state index in [-0.39, 0.29) is 0 Å². The Balaban J connectivity index is 1.99. The summed E-state index contributed by atoms with van der Waals surface area (Å²) in [5.74, 6) is 0.868. The van der Waals surface area contributed by atoms with Crippen LogP contribution in [0.25, 0.3) is 0 Å². The van der Waals surface area contributed by atoms with Crippen molar-refractivity contribution in [1.29, 1.82) is 0 Å². The van der Waals surface area contributed by atoms with Crippen molar-refractivity contribution in [3.05, 3.63) is 46.8 Å². The van der Waals surface area contributed by atoms with E-state index in [9.17, 15) is 0 Å². The van der Waals surface area contributed by atoms with Gasteiger partial charge in [-0.25, -0.2) is 0 Å². The van der Waals surface area contributed by atoms with E-state index in [1.54, 1.807) is 18.9 Å². The number of ether oxygens (including phenoxy) is 1. The van der Waals surface area contributed by atoms with Gasteiger partial charge in [-0.15, -0.1) is 11.8 Å². The molecule has 0 aliphatic heterocycles. The van der Waals surface area contributed by atoms with E-state index in [1.165, 1.54) is 21.7 Å². The van der Waals surface area contributed by atoms with Crippen LogP contribution in [0.1, 0.15) is 22.5 Å². The first-order valence-corrected chi connectivity index (χ1v) is 10.3. The number of thioether (sulfide) groups is 1. The zero-order chi connectivity index (χ0) is 19.8. The molecular formula is C20H31N5OS. The van der Waals surface area contributed by atoms with Gasteiger partial charge in [0.05, 0.1) is 18.8 Å². The Morgan fingerprint density at radius 1 is 1.30 bits per heavy atom. The van der Waals surface area contributed by atoms with Crippen LogP contribution in [-0.2, 0) is 24.4 Å². The highest BCUT2D eigenvalue weighted by molar-refractivity contribution is 7.98. The van der Waals surface area contributed by atoms with E-state index < -0.39 is 0 Å². The van der Waals surface area contributed by atoms with E-state index in [1.807, 2.05) is 18.7 Å². The lowest BCUT2D eigenvalue weighted by Gasteiger charge is -2.22. The molecule has 1 heterocycles. The molecule has 0 bridgehead atoms. The third-order valence-electron chi connectivity index (χ3n) is 4.61. The predicted octanol–water partition coefficient (Wildman–Crippen LogP) is 3.08. The first-order chi connectivity index (χ1) is 13.0. The van der Waals surface area contributed by atoms with Crippen molar-refractivity contribution < 1.29 is 4.74 Å². The van der Waals surface area contributed by atoms with Crippen LogP contribution in [0, 0.1) is 13.8 Å². The summed E-state index contributed by atoms with van der Waals surface area (Å²) >= 11 is 1.76. The van der Waals surface area contributed by atoms with Crippen molar-refractivity contribution in [1.82, 2.24) is 20.0 Å². The number of aryl methyl sites for hydroxylation is 1. The number of rotatable bonds is 8. The van der Waals surface area contributed by atoms with Gasteiger partial charge in [0.1, 0.15) is 0 Å². The Hall–Kier alpha value is -1.99. The standard InChI is InChI=1S/C20H31N5OS/c1-15-19(16(2)25(23-15)11-12-26-5)13-22-20(21-3)24(4)14-17-7-9-18(27-6)10-8-17/h7-10H,11-14H2,1-6H3,(H,21,22). The Kier molecular flexibility index (Phi) is 8.19. The zero-order valence-corrected chi connectivity index (χ0v) is 18.1. The molecule has 6 nitrogen and oxygen atoms in total. The lowest BCUT2D eigenvalue weighted by molar-refractivity contribution is 0.182. The number of aliphatic imine (C=N–C) groups is 1. The van der Waals surface area contributed by atoms with Crippen LogP contribution in [0.15, 0.2) is 34.2 Å². The van der Waals surface area contributed by atoms with Gasteiger partial charge in [0.15, 0.2) is 5.96 Å². The van der Waals surface area contributed by atoms with Crippen molar-refractivity contribution in [2.75, 3.05) is 34.1 Å². The van der Waals surface area contributed by atoms with Crippen molar-refractivity contribution >= 4 is 17.7 Å². The molecule has 0 saturated carbocycles. The minimum atomic E-state index is 0.661. The fraction of sp³-hybridized carbons (Fsp3) is 0.500. The largest absolute Gasteiger partial charge is 0.383 e. The second-order valence-electron chi connectivity index (χ2n) is 6.47. The first-order valence-electron chi connectivity index (χ1n) is 9.06. The second-order valence-corrected chi connectivity index (χ2v) is 7.35. The zero-order valence-electron chi connectivity index (χ0n) is 17.2. The van der Waals surface area contributed by atoms with Gasteiger partial charge in [-0.1, -0.05) is 12.1 Å². The maximum atomic E-state index is 5.16. The van der Waals surface area contributed by atoms with Gasteiger partial charge in [-0.3, -0.25) is 9.67 Å². The third kappa shape index (κ3) is 5.74. The topological polar surface area (TPSA) is 54.7 Å². The Bertz CT molecular complexity index is 754. The van der Waals surface area contributed by atoms with Crippen LogP contribution in [0.2, 0.25) is 0 Å². The summed E-state index contributed by atoms with van der Waals surface area (Å²) in [5.41, 5.74) is 4.69. The molecule has 0 aliphatic rings. The summed E-state index contributed by atoms with van der Waals surface area (Å²) in [7, 11) is 5.58. The average Bonchev–Trinajstić information content (AvgIpc) is 2.94. The van der Waals surface area contributed by atoms with Crippen LogP contribution >= 0.6 is 11.8 Å². The van der Waals surface area contributed by atoms with Gasteiger partial charge < -0.3 is 15.0 Å². The highest BCUT2D eigenvalue weighted by Crippen LogP contribution is 2.16. The molecule has 1 aromatic heterocycles. The number of hydrogen-bond acceptors (Lipinski definition) is 4. The monoisotopic (exact) mass is 389 g/mol. The lowest BCUT2D eigenvalue weighted by atomic mass is 10.2. The summed E-state index contributed by atoms with van der Waals surface area (Å²) in [6.45, 7) is 7.09. The number of methoxy groups -OCH3 is 1. The van der Waals surface area contributed by atoms with E-state index >= 15 is 0 Å². The van der Waals surface area contributed by atoms with Gasteiger partial charge >= 0.3 is 0 Å². The molecule has 2 aromatic rings. The Morgan fingerprint density at radius 3 is 2.59 bits per heavy atom. The molecule has 1 N–H and O–H groups in total.